The predicted molar refractivity (Wildman–Crippen MR) is 268 cm³/mol. The zero-order chi connectivity index (χ0) is 57.7. The highest BCUT2D eigenvalue weighted by Gasteiger charge is 2.39. The van der Waals surface area contributed by atoms with E-state index in [2.05, 4.69) is 24.2 Å². The SMILES string of the molecule is NCc1ccc(-c2ccccc2OC(F)(F)F)c(Cl)n1.O=C1c2ccccc2C(=O)N1Cc1ccc(-c2ccccc2OC(F)(F)F)c(Cl)n1.O=C1c2ccccc2C(=O)N1Cc1ccc(-c2ccccc2OC(F)(F)F)c[n+]1O. The van der Waals surface area contributed by atoms with E-state index in [-0.39, 0.29) is 80.3 Å². The van der Waals surface area contributed by atoms with Crippen molar-refractivity contribution in [2.45, 2.75) is 38.7 Å². The number of nitrogens with zero attached hydrogens (tertiary/aromatic N) is 5. The van der Waals surface area contributed by atoms with Gasteiger partial charge in [0, 0.05) is 45.2 Å². The maximum atomic E-state index is 12.7. The molecule has 2 aliphatic heterocycles. The second-order valence-corrected chi connectivity index (χ2v) is 17.6. The van der Waals surface area contributed by atoms with Crippen LogP contribution in [0.15, 0.2) is 164 Å². The van der Waals surface area contributed by atoms with Crippen LogP contribution in [0.2, 0.25) is 10.3 Å². The fraction of sp³-hybridized carbons (Fsp3) is 0.109. The molecule has 8 aromatic rings. The molecule has 0 unspecified atom stereocenters. The first-order chi connectivity index (χ1) is 37.9. The van der Waals surface area contributed by atoms with Gasteiger partial charge in [-0.25, -0.2) is 9.97 Å². The van der Waals surface area contributed by atoms with Crippen molar-refractivity contribution in [2.24, 2.45) is 5.73 Å². The van der Waals surface area contributed by atoms with Gasteiger partial charge in [-0.3, -0.25) is 34.2 Å². The van der Waals surface area contributed by atoms with E-state index in [0.717, 1.165) is 15.9 Å². The van der Waals surface area contributed by atoms with Crippen molar-refractivity contribution in [2.75, 3.05) is 0 Å². The number of hydrogen-bond acceptors (Lipinski definition) is 11. The van der Waals surface area contributed by atoms with Crippen molar-refractivity contribution in [1.29, 1.82) is 0 Å². The summed E-state index contributed by atoms with van der Waals surface area (Å²) in [5.74, 6) is -3.01. The van der Waals surface area contributed by atoms with E-state index in [1.807, 2.05) is 0 Å². The average Bonchev–Trinajstić information content (AvgIpc) is 3.92. The summed E-state index contributed by atoms with van der Waals surface area (Å²) < 4.78 is 126. The molecule has 0 fully saturated rings. The lowest BCUT2D eigenvalue weighted by molar-refractivity contribution is -0.909. The topological polar surface area (TPSA) is 178 Å². The van der Waals surface area contributed by atoms with Crippen LogP contribution in [0.25, 0.3) is 33.4 Å². The lowest BCUT2D eigenvalue weighted by Crippen LogP contribution is -2.40. The first-order valence-electron chi connectivity index (χ1n) is 23.1. The molecule has 0 atom stereocenters. The number of benzene rings is 5. The summed E-state index contributed by atoms with van der Waals surface area (Å²) in [5, 5.41) is 10.3. The third kappa shape index (κ3) is 13.4. The summed E-state index contributed by atoms with van der Waals surface area (Å²) in [5.41, 5.74) is 8.93. The molecule has 0 bridgehead atoms. The van der Waals surface area contributed by atoms with Crippen LogP contribution in [-0.2, 0) is 19.6 Å². The summed E-state index contributed by atoms with van der Waals surface area (Å²) in [6.07, 6.45) is -13.3. The summed E-state index contributed by atoms with van der Waals surface area (Å²) in [6, 6.07) is 38.7. The van der Waals surface area contributed by atoms with Gasteiger partial charge in [0.05, 0.1) is 45.7 Å². The Morgan fingerprint density at radius 1 is 0.438 bits per heavy atom. The molecule has 4 amide bonds. The van der Waals surface area contributed by atoms with E-state index in [9.17, 15) is 63.9 Å². The van der Waals surface area contributed by atoms with E-state index in [4.69, 9.17) is 28.9 Å². The molecule has 0 saturated carbocycles. The largest absolute Gasteiger partial charge is 0.573 e. The normalized spacial score (nSPS) is 13.0. The maximum absolute atomic E-state index is 12.7. The number of halogens is 11. The van der Waals surface area contributed by atoms with Crippen LogP contribution in [0.5, 0.6) is 17.2 Å². The second-order valence-electron chi connectivity index (χ2n) is 16.9. The van der Waals surface area contributed by atoms with E-state index in [0.29, 0.717) is 32.8 Å². The Kier molecular flexibility index (Phi) is 16.8. The molecule has 410 valence electrons. The van der Waals surface area contributed by atoms with Gasteiger partial charge < -0.3 is 19.9 Å². The van der Waals surface area contributed by atoms with Gasteiger partial charge in [-0.1, -0.05) is 102 Å². The van der Waals surface area contributed by atoms with Crippen molar-refractivity contribution < 1.29 is 82.8 Å². The lowest BCUT2D eigenvalue weighted by Gasteiger charge is -2.16. The molecular weight excluding hydrogens is 1110 g/mol. The number of amides is 4. The number of nitrogens with two attached hydrogens (primary N) is 1. The number of imide groups is 2. The van der Waals surface area contributed by atoms with Gasteiger partial charge >= 0.3 is 19.1 Å². The number of hydrogen-bond donors (Lipinski definition) is 2. The molecule has 2 aliphatic rings. The number of para-hydroxylation sites is 3. The minimum Gasteiger partial charge on any atom is -0.405 e. The third-order valence-corrected chi connectivity index (χ3v) is 12.2. The minimum absolute atomic E-state index is 0.0752. The van der Waals surface area contributed by atoms with Crippen LogP contribution in [0.1, 0.15) is 58.5 Å². The summed E-state index contributed by atoms with van der Waals surface area (Å²) in [6.45, 7) is -0.127. The van der Waals surface area contributed by atoms with Gasteiger partial charge in [0.2, 0.25) is 6.20 Å². The Balaban J connectivity index is 0.000000161. The third-order valence-electron chi connectivity index (χ3n) is 11.7. The highest BCUT2D eigenvalue weighted by Crippen LogP contribution is 2.39. The van der Waals surface area contributed by atoms with Crippen LogP contribution >= 0.6 is 23.2 Å². The highest BCUT2D eigenvalue weighted by molar-refractivity contribution is 6.32. The standard InChI is InChI=1S/C21H12ClF3N2O3.C21H14F3N2O4.C13H10ClF3N2O/c22-18-14(13-5-3-4-8-17(13)30-21(23,24)25)10-9-12(26-18)11-27-19(28)15-6-1-2-7-16(15)20(27)29;22-21(23,24)30-18-8-4-3-5-15(18)13-9-10-14(26(29)11-13)12-25-19(27)16-6-1-2-7-17(16)20(25)28;14-12-10(6-5-8(7-18)19-12)9-3-1-2-4-11(9)20-13(15,16)17/h1-10H,11H2;1-11,29H,12H2;1-6H,7,18H2/q;+1;. The molecule has 0 spiro atoms. The molecule has 5 aromatic carbocycles. The van der Waals surface area contributed by atoms with Crippen LogP contribution in [0.4, 0.5) is 39.5 Å². The molecule has 0 radical (unpaired) electrons. The van der Waals surface area contributed by atoms with Gasteiger partial charge in [-0.15, -0.1) is 39.5 Å². The van der Waals surface area contributed by atoms with Crippen molar-refractivity contribution in [3.63, 3.8) is 0 Å². The molecular formula is C55H36Cl2F9N6O8+. The van der Waals surface area contributed by atoms with Gasteiger partial charge in [-0.05, 0) is 72.8 Å². The highest BCUT2D eigenvalue weighted by atomic mass is 35.5. The molecule has 0 saturated heterocycles. The second kappa shape index (κ2) is 23.5. The van der Waals surface area contributed by atoms with Crippen LogP contribution in [0.3, 0.4) is 0 Å². The number of alkyl halides is 9. The molecule has 14 nitrogen and oxygen atoms in total. The van der Waals surface area contributed by atoms with Gasteiger partial charge in [-0.2, -0.15) is 0 Å². The van der Waals surface area contributed by atoms with E-state index in [1.165, 1.54) is 85.1 Å². The quantitative estimate of drug-likeness (QED) is 0.0414. The van der Waals surface area contributed by atoms with Crippen molar-refractivity contribution in [1.82, 2.24) is 19.8 Å². The predicted octanol–water partition coefficient (Wildman–Crippen LogP) is 12.4. The van der Waals surface area contributed by atoms with Crippen LogP contribution in [0, 0.1) is 0 Å². The van der Waals surface area contributed by atoms with E-state index >= 15 is 0 Å². The fourth-order valence-electron chi connectivity index (χ4n) is 8.17. The summed E-state index contributed by atoms with van der Waals surface area (Å²) >= 11 is 12.2. The van der Waals surface area contributed by atoms with Gasteiger partial charge in [0.15, 0.2) is 0 Å². The molecule has 3 aromatic heterocycles. The number of ether oxygens (including phenoxy) is 3. The number of fused-ring (bicyclic) bond motifs is 2. The van der Waals surface area contributed by atoms with Crippen molar-refractivity contribution >= 4 is 46.8 Å². The Hall–Kier alpha value is -9.06. The lowest BCUT2D eigenvalue weighted by atomic mass is 10.1. The fourth-order valence-corrected chi connectivity index (χ4v) is 8.71. The number of pyridine rings is 3. The number of aromatic nitrogens is 3. The monoisotopic (exact) mass is 1150 g/mol. The number of carbonyl (C=O) groups excluding carboxylic acids is 4. The van der Waals surface area contributed by atoms with Crippen molar-refractivity contribution in [3.05, 3.63) is 214 Å². The summed E-state index contributed by atoms with van der Waals surface area (Å²) in [4.78, 5) is 60.1. The molecule has 5 heterocycles. The number of rotatable bonds is 11. The first-order valence-corrected chi connectivity index (χ1v) is 23.9. The minimum atomic E-state index is -4.86. The smallest absolute Gasteiger partial charge is 0.405 e. The van der Waals surface area contributed by atoms with E-state index < -0.39 is 54.2 Å². The molecule has 10 rings (SSSR count). The zero-order valence-electron chi connectivity index (χ0n) is 40.5. The Labute approximate surface area is 456 Å². The zero-order valence-corrected chi connectivity index (χ0v) is 42.0. The molecule has 25 heteroatoms. The van der Waals surface area contributed by atoms with Crippen LogP contribution < -0.4 is 24.7 Å². The van der Waals surface area contributed by atoms with Crippen molar-refractivity contribution in [3.8, 4) is 50.6 Å². The average molecular weight is 1150 g/mol. The van der Waals surface area contributed by atoms with E-state index in [1.54, 1.807) is 72.8 Å². The maximum Gasteiger partial charge on any atom is 0.573 e. The molecule has 0 aliphatic carbocycles. The van der Waals surface area contributed by atoms with Gasteiger partial charge in [0.1, 0.15) is 34.1 Å². The number of carbonyl (C=O) groups is 4. The molecule has 80 heavy (non-hydrogen) atoms. The first kappa shape index (κ1) is 57.1. The Morgan fingerprint density at radius 3 is 1.15 bits per heavy atom. The Morgan fingerprint density at radius 2 is 0.775 bits per heavy atom. The molecule has 3 N–H and O–H groups in total. The summed E-state index contributed by atoms with van der Waals surface area (Å²) in [7, 11) is 0. The Bertz CT molecular complexity index is 3610. The van der Waals surface area contributed by atoms with Crippen LogP contribution in [-0.4, -0.2) is 67.7 Å². The van der Waals surface area contributed by atoms with Gasteiger partial charge in [0.25, 0.3) is 29.3 Å².